The van der Waals surface area contributed by atoms with Gasteiger partial charge in [0.05, 0.1) is 23.0 Å². The molecule has 4 nitrogen and oxygen atoms in total. The van der Waals surface area contributed by atoms with Crippen LogP contribution in [0.5, 0.6) is 0 Å². The highest BCUT2D eigenvalue weighted by atomic mass is 16.1. The fraction of sp³-hybridized carbons (Fsp3) is 0.333. The van der Waals surface area contributed by atoms with Crippen molar-refractivity contribution in [3.63, 3.8) is 0 Å². The zero-order valence-electron chi connectivity index (χ0n) is 11.1. The van der Waals surface area contributed by atoms with Gasteiger partial charge in [-0.15, -0.1) is 0 Å². The van der Waals surface area contributed by atoms with E-state index in [0.29, 0.717) is 11.3 Å². The summed E-state index contributed by atoms with van der Waals surface area (Å²) in [6.45, 7) is 3.68. The molecule has 19 heavy (non-hydrogen) atoms. The minimum atomic E-state index is -0.126. The lowest BCUT2D eigenvalue weighted by Crippen LogP contribution is -2.14. The smallest absolute Gasteiger partial charge is 0.173 e. The van der Waals surface area contributed by atoms with Crippen LogP contribution in [0.2, 0.25) is 0 Å². The molecule has 0 N–H and O–H groups in total. The Balaban J connectivity index is 2.00. The molecule has 2 heterocycles. The summed E-state index contributed by atoms with van der Waals surface area (Å²) in [5.74, 6) is -0.00792. The van der Waals surface area contributed by atoms with Crippen LogP contribution in [0.1, 0.15) is 45.3 Å². The Kier molecular flexibility index (Phi) is 2.85. The number of aromatic nitrogens is 3. The maximum atomic E-state index is 12.7. The summed E-state index contributed by atoms with van der Waals surface area (Å²) in [5, 5.41) is 8.01. The van der Waals surface area contributed by atoms with Crippen molar-refractivity contribution < 1.29 is 4.79 Å². The first-order valence-electron chi connectivity index (χ1n) is 6.45. The molecule has 0 saturated heterocycles. The Hall–Kier alpha value is -2.10. The van der Waals surface area contributed by atoms with Crippen LogP contribution in [0.3, 0.4) is 0 Å². The zero-order valence-corrected chi connectivity index (χ0v) is 11.1. The summed E-state index contributed by atoms with van der Waals surface area (Å²) in [5.41, 5.74) is 4.27. The number of hydrogen-bond donors (Lipinski definition) is 0. The van der Waals surface area contributed by atoms with E-state index in [9.17, 15) is 4.79 Å². The van der Waals surface area contributed by atoms with E-state index in [1.54, 1.807) is 6.20 Å². The van der Waals surface area contributed by atoms with Crippen LogP contribution in [0.25, 0.3) is 0 Å². The van der Waals surface area contributed by atoms with E-state index in [1.165, 1.54) is 5.56 Å². The molecule has 1 aliphatic carbocycles. The zero-order chi connectivity index (χ0) is 13.4. The van der Waals surface area contributed by atoms with Crippen molar-refractivity contribution in [1.82, 2.24) is 15.2 Å². The highest BCUT2D eigenvalue weighted by Gasteiger charge is 2.31. The first kappa shape index (κ1) is 12.0. The molecule has 0 spiro atoms. The van der Waals surface area contributed by atoms with E-state index in [4.69, 9.17) is 0 Å². The molecule has 1 aliphatic rings. The van der Waals surface area contributed by atoms with Gasteiger partial charge in [-0.3, -0.25) is 9.78 Å². The molecule has 96 valence electrons. The van der Waals surface area contributed by atoms with Gasteiger partial charge in [0.15, 0.2) is 5.78 Å². The molecule has 2 aromatic heterocycles. The Morgan fingerprint density at radius 3 is 3.00 bits per heavy atom. The molecule has 0 bridgehead atoms. The number of Topliss-reactive ketones (excluding diaryl/α,β-unsaturated/α-hetero) is 1. The van der Waals surface area contributed by atoms with E-state index in [1.807, 2.05) is 26.0 Å². The standard InChI is InChI=1S/C15H15N3O/c1-9-8-13(10(2)18-17-9)15(19)12-6-5-11-4-3-7-16-14(11)12/h3-4,7-8,12H,5-6H2,1-2H3. The van der Waals surface area contributed by atoms with Gasteiger partial charge in [-0.25, -0.2) is 0 Å². The number of fused-ring (bicyclic) bond motifs is 1. The molecule has 4 heteroatoms. The number of pyridine rings is 1. The third kappa shape index (κ3) is 2.03. The molecule has 0 radical (unpaired) electrons. The summed E-state index contributed by atoms with van der Waals surface area (Å²) < 4.78 is 0. The van der Waals surface area contributed by atoms with Crippen molar-refractivity contribution >= 4 is 5.78 Å². The second kappa shape index (κ2) is 4.53. The second-order valence-corrected chi connectivity index (χ2v) is 4.99. The number of carbonyl (C=O) groups is 1. The maximum absolute atomic E-state index is 12.7. The fourth-order valence-electron chi connectivity index (χ4n) is 2.65. The van der Waals surface area contributed by atoms with Gasteiger partial charge in [0.1, 0.15) is 0 Å². The molecule has 1 atom stereocenters. The highest BCUT2D eigenvalue weighted by Crippen LogP contribution is 2.34. The van der Waals surface area contributed by atoms with Crippen LogP contribution >= 0.6 is 0 Å². The number of nitrogens with zero attached hydrogens (tertiary/aromatic N) is 3. The average Bonchev–Trinajstić information content (AvgIpc) is 2.84. The molecule has 0 saturated carbocycles. The monoisotopic (exact) mass is 253 g/mol. The lowest BCUT2D eigenvalue weighted by Gasteiger charge is -2.11. The van der Waals surface area contributed by atoms with Crippen LogP contribution in [0.15, 0.2) is 24.4 Å². The Labute approximate surface area is 111 Å². The summed E-state index contributed by atoms with van der Waals surface area (Å²) in [4.78, 5) is 17.1. The summed E-state index contributed by atoms with van der Waals surface area (Å²) in [6.07, 6.45) is 3.52. The first-order chi connectivity index (χ1) is 9.16. The van der Waals surface area contributed by atoms with E-state index in [2.05, 4.69) is 21.2 Å². The van der Waals surface area contributed by atoms with Gasteiger partial charge in [0.2, 0.25) is 0 Å². The number of rotatable bonds is 2. The van der Waals surface area contributed by atoms with Gasteiger partial charge in [-0.2, -0.15) is 10.2 Å². The lowest BCUT2D eigenvalue weighted by molar-refractivity contribution is 0.0956. The third-order valence-electron chi connectivity index (χ3n) is 3.64. The van der Waals surface area contributed by atoms with Gasteiger partial charge in [-0.1, -0.05) is 6.07 Å². The van der Waals surface area contributed by atoms with Gasteiger partial charge < -0.3 is 0 Å². The summed E-state index contributed by atoms with van der Waals surface area (Å²) in [7, 11) is 0. The quantitative estimate of drug-likeness (QED) is 0.771. The van der Waals surface area contributed by atoms with E-state index in [-0.39, 0.29) is 11.7 Å². The number of carbonyl (C=O) groups excluding carboxylic acids is 1. The van der Waals surface area contributed by atoms with Crippen molar-refractivity contribution in [2.45, 2.75) is 32.6 Å². The normalized spacial score (nSPS) is 17.3. The molecular weight excluding hydrogens is 238 g/mol. The lowest BCUT2D eigenvalue weighted by atomic mass is 9.94. The number of ketones is 1. The van der Waals surface area contributed by atoms with Crippen molar-refractivity contribution in [3.05, 3.63) is 52.6 Å². The van der Waals surface area contributed by atoms with E-state index in [0.717, 1.165) is 24.2 Å². The maximum Gasteiger partial charge on any atom is 0.173 e. The average molecular weight is 253 g/mol. The van der Waals surface area contributed by atoms with Crippen LogP contribution in [-0.4, -0.2) is 21.0 Å². The molecule has 0 fully saturated rings. The minimum absolute atomic E-state index is 0.118. The van der Waals surface area contributed by atoms with Crippen molar-refractivity contribution in [1.29, 1.82) is 0 Å². The molecule has 3 rings (SSSR count). The molecule has 0 amide bonds. The Morgan fingerprint density at radius 1 is 1.32 bits per heavy atom. The van der Waals surface area contributed by atoms with Gasteiger partial charge >= 0.3 is 0 Å². The van der Waals surface area contributed by atoms with Gasteiger partial charge in [0.25, 0.3) is 0 Å². The van der Waals surface area contributed by atoms with Crippen LogP contribution in [0.4, 0.5) is 0 Å². The molecule has 0 aromatic carbocycles. The first-order valence-corrected chi connectivity index (χ1v) is 6.45. The Morgan fingerprint density at radius 2 is 2.16 bits per heavy atom. The SMILES string of the molecule is Cc1cc(C(=O)C2CCc3cccnc32)c(C)nn1. The molecular formula is C15H15N3O. The van der Waals surface area contributed by atoms with Gasteiger partial charge in [-0.05, 0) is 44.4 Å². The Bertz CT molecular complexity index is 652. The number of aryl methyl sites for hydroxylation is 3. The largest absolute Gasteiger partial charge is 0.293 e. The fourth-order valence-corrected chi connectivity index (χ4v) is 2.65. The van der Waals surface area contributed by atoms with Crippen molar-refractivity contribution in [2.75, 3.05) is 0 Å². The molecule has 0 aliphatic heterocycles. The summed E-state index contributed by atoms with van der Waals surface area (Å²) >= 11 is 0. The van der Waals surface area contributed by atoms with Gasteiger partial charge in [0, 0.05) is 11.8 Å². The van der Waals surface area contributed by atoms with Crippen molar-refractivity contribution in [2.24, 2.45) is 0 Å². The predicted octanol–water partition coefficient (Wildman–Crippen LogP) is 2.40. The van der Waals surface area contributed by atoms with E-state index >= 15 is 0 Å². The topological polar surface area (TPSA) is 55.7 Å². The molecule has 1 unspecified atom stereocenters. The third-order valence-corrected chi connectivity index (χ3v) is 3.64. The van der Waals surface area contributed by atoms with Crippen LogP contribution in [-0.2, 0) is 6.42 Å². The van der Waals surface area contributed by atoms with Crippen molar-refractivity contribution in [3.8, 4) is 0 Å². The summed E-state index contributed by atoms with van der Waals surface area (Å²) in [6, 6.07) is 5.80. The second-order valence-electron chi connectivity index (χ2n) is 4.99. The minimum Gasteiger partial charge on any atom is -0.293 e. The predicted molar refractivity (Wildman–Crippen MR) is 71.1 cm³/mol. The van der Waals surface area contributed by atoms with E-state index < -0.39 is 0 Å². The highest BCUT2D eigenvalue weighted by molar-refractivity contribution is 6.02. The number of hydrogen-bond acceptors (Lipinski definition) is 4. The van der Waals surface area contributed by atoms with Crippen LogP contribution < -0.4 is 0 Å². The molecule has 2 aromatic rings. The van der Waals surface area contributed by atoms with Crippen LogP contribution in [0, 0.1) is 13.8 Å².